The maximum absolute atomic E-state index is 12.0. The predicted molar refractivity (Wildman–Crippen MR) is 95.7 cm³/mol. The fraction of sp³-hybridized carbons (Fsp3) is 0.316. The van der Waals surface area contributed by atoms with Crippen molar-refractivity contribution in [2.75, 3.05) is 19.8 Å². The van der Waals surface area contributed by atoms with Crippen molar-refractivity contribution >= 4 is 17.5 Å². The molecule has 2 aromatic rings. The maximum Gasteiger partial charge on any atom is 0.258 e. The summed E-state index contributed by atoms with van der Waals surface area (Å²) in [5.74, 6) is 1.68. The van der Waals surface area contributed by atoms with Gasteiger partial charge in [0, 0.05) is 6.54 Å². The van der Waals surface area contributed by atoms with E-state index in [-0.39, 0.29) is 12.5 Å². The van der Waals surface area contributed by atoms with Gasteiger partial charge < -0.3 is 19.5 Å². The van der Waals surface area contributed by atoms with Crippen LogP contribution in [0, 0.1) is 13.8 Å². The molecule has 3 rings (SSSR count). The molecule has 0 fully saturated rings. The molecule has 6 heteroatoms. The van der Waals surface area contributed by atoms with Gasteiger partial charge >= 0.3 is 0 Å². The van der Waals surface area contributed by atoms with Gasteiger partial charge in [0.25, 0.3) is 5.91 Å². The minimum absolute atomic E-state index is 0.0391. The van der Waals surface area contributed by atoms with E-state index in [1.165, 1.54) is 0 Å². The third kappa shape index (κ3) is 4.37. The molecule has 0 atom stereocenters. The molecule has 1 aliphatic rings. The van der Waals surface area contributed by atoms with Crippen molar-refractivity contribution in [2.45, 2.75) is 20.4 Å². The van der Waals surface area contributed by atoms with Crippen LogP contribution in [0.1, 0.15) is 16.7 Å². The Bertz CT molecular complexity index is 791. The van der Waals surface area contributed by atoms with Gasteiger partial charge in [-0.15, -0.1) is 0 Å². The van der Waals surface area contributed by atoms with E-state index in [2.05, 4.69) is 5.32 Å². The predicted octanol–water partition coefficient (Wildman–Crippen LogP) is 3.42. The number of fused-ring (bicyclic) bond motifs is 1. The summed E-state index contributed by atoms with van der Waals surface area (Å²) in [4.78, 5) is 12.0. The Kier molecular flexibility index (Phi) is 5.34. The lowest BCUT2D eigenvalue weighted by molar-refractivity contribution is -0.123. The van der Waals surface area contributed by atoms with Gasteiger partial charge in [-0.1, -0.05) is 23.7 Å². The van der Waals surface area contributed by atoms with Gasteiger partial charge in [0.05, 0.1) is 5.02 Å². The van der Waals surface area contributed by atoms with Crippen LogP contribution in [-0.4, -0.2) is 25.7 Å². The van der Waals surface area contributed by atoms with E-state index in [0.717, 1.165) is 22.4 Å². The average molecular weight is 362 g/mol. The summed E-state index contributed by atoms with van der Waals surface area (Å²) in [5, 5.41) is 3.30. The van der Waals surface area contributed by atoms with Crippen LogP contribution in [0.25, 0.3) is 0 Å². The number of amides is 1. The van der Waals surface area contributed by atoms with Crippen LogP contribution in [0.5, 0.6) is 17.2 Å². The smallest absolute Gasteiger partial charge is 0.258 e. The lowest BCUT2D eigenvalue weighted by Crippen LogP contribution is -2.28. The molecule has 0 saturated carbocycles. The molecule has 2 aromatic carbocycles. The van der Waals surface area contributed by atoms with Gasteiger partial charge in [-0.3, -0.25) is 4.79 Å². The first-order valence-corrected chi connectivity index (χ1v) is 8.45. The highest BCUT2D eigenvalue weighted by Gasteiger charge is 2.17. The maximum atomic E-state index is 12.0. The minimum Gasteiger partial charge on any atom is -0.486 e. The quantitative estimate of drug-likeness (QED) is 0.886. The van der Waals surface area contributed by atoms with Gasteiger partial charge in [0.1, 0.15) is 19.0 Å². The zero-order chi connectivity index (χ0) is 17.8. The van der Waals surface area contributed by atoms with Crippen LogP contribution in [0.3, 0.4) is 0 Å². The standard InChI is InChI=1S/C19H20ClNO4/c1-12-3-4-13(2)16(7-12)25-11-18(22)21-10-14-8-15(20)19-17(9-14)23-5-6-24-19/h3-4,7-9H,5-6,10-11H2,1-2H3,(H,21,22). The van der Waals surface area contributed by atoms with Crippen molar-refractivity contribution < 1.29 is 19.0 Å². The van der Waals surface area contributed by atoms with E-state index in [9.17, 15) is 4.79 Å². The lowest BCUT2D eigenvalue weighted by Gasteiger charge is -2.20. The average Bonchev–Trinajstić information content (AvgIpc) is 2.61. The third-order valence-corrected chi connectivity index (χ3v) is 4.13. The Morgan fingerprint density at radius 3 is 2.84 bits per heavy atom. The van der Waals surface area contributed by atoms with Crippen LogP contribution in [0.4, 0.5) is 0 Å². The Morgan fingerprint density at radius 1 is 1.20 bits per heavy atom. The topological polar surface area (TPSA) is 56.8 Å². The van der Waals surface area contributed by atoms with Crippen LogP contribution < -0.4 is 19.5 Å². The molecular weight excluding hydrogens is 342 g/mol. The molecule has 0 bridgehead atoms. The number of ether oxygens (including phenoxy) is 3. The number of carbonyl (C=O) groups is 1. The number of hydrogen-bond donors (Lipinski definition) is 1. The molecule has 0 aromatic heterocycles. The monoisotopic (exact) mass is 361 g/mol. The molecule has 0 aliphatic carbocycles. The molecule has 0 radical (unpaired) electrons. The van der Waals surface area contributed by atoms with Gasteiger partial charge in [0.15, 0.2) is 18.1 Å². The van der Waals surface area contributed by atoms with Crippen molar-refractivity contribution in [3.8, 4) is 17.2 Å². The number of aryl methyl sites for hydroxylation is 2. The number of nitrogens with one attached hydrogen (secondary N) is 1. The summed E-state index contributed by atoms with van der Waals surface area (Å²) in [6, 6.07) is 9.49. The Labute approximate surface area is 151 Å². The highest BCUT2D eigenvalue weighted by molar-refractivity contribution is 6.32. The van der Waals surface area contributed by atoms with E-state index in [1.807, 2.05) is 38.1 Å². The van der Waals surface area contributed by atoms with Crippen molar-refractivity contribution in [3.63, 3.8) is 0 Å². The normalized spacial score (nSPS) is 12.6. The summed E-state index contributed by atoms with van der Waals surface area (Å²) in [7, 11) is 0. The summed E-state index contributed by atoms with van der Waals surface area (Å²) < 4.78 is 16.6. The minimum atomic E-state index is -0.202. The molecule has 0 saturated heterocycles. The number of halogens is 1. The number of rotatable bonds is 5. The van der Waals surface area contributed by atoms with Gasteiger partial charge in [0.2, 0.25) is 0 Å². The molecule has 1 N–H and O–H groups in total. The van der Waals surface area contributed by atoms with Crippen LogP contribution >= 0.6 is 11.6 Å². The Morgan fingerprint density at radius 2 is 2.00 bits per heavy atom. The SMILES string of the molecule is Cc1ccc(C)c(OCC(=O)NCc2cc(Cl)c3c(c2)OCCO3)c1. The van der Waals surface area contributed by atoms with Crippen LogP contribution in [-0.2, 0) is 11.3 Å². The molecule has 1 heterocycles. The highest BCUT2D eigenvalue weighted by Crippen LogP contribution is 2.38. The van der Waals surface area contributed by atoms with E-state index in [1.54, 1.807) is 6.07 Å². The highest BCUT2D eigenvalue weighted by atomic mass is 35.5. The Balaban J connectivity index is 1.55. The van der Waals surface area contributed by atoms with Gasteiger partial charge in [-0.2, -0.15) is 0 Å². The first-order valence-electron chi connectivity index (χ1n) is 8.07. The molecule has 132 valence electrons. The largest absolute Gasteiger partial charge is 0.486 e. The Hall–Kier alpha value is -2.40. The second kappa shape index (κ2) is 7.66. The summed E-state index contributed by atoms with van der Waals surface area (Å²) >= 11 is 6.19. The fourth-order valence-corrected chi connectivity index (χ4v) is 2.81. The molecule has 0 unspecified atom stereocenters. The first-order chi connectivity index (χ1) is 12.0. The lowest BCUT2D eigenvalue weighted by atomic mass is 10.1. The molecule has 1 amide bonds. The van der Waals surface area contributed by atoms with Crippen molar-refractivity contribution in [1.82, 2.24) is 5.32 Å². The van der Waals surface area contributed by atoms with Crippen LogP contribution in [0.15, 0.2) is 30.3 Å². The number of benzene rings is 2. The fourth-order valence-electron chi connectivity index (χ4n) is 2.52. The zero-order valence-electron chi connectivity index (χ0n) is 14.2. The summed E-state index contributed by atoms with van der Waals surface area (Å²) in [6.07, 6.45) is 0. The third-order valence-electron chi connectivity index (χ3n) is 3.85. The van der Waals surface area contributed by atoms with Crippen molar-refractivity contribution in [1.29, 1.82) is 0 Å². The van der Waals surface area contributed by atoms with E-state index in [4.69, 9.17) is 25.8 Å². The van der Waals surface area contributed by atoms with Crippen LogP contribution in [0.2, 0.25) is 5.02 Å². The molecular formula is C19H20ClNO4. The van der Waals surface area contributed by atoms with E-state index >= 15 is 0 Å². The first kappa shape index (κ1) is 17.4. The second-order valence-electron chi connectivity index (χ2n) is 5.94. The van der Waals surface area contributed by atoms with Gasteiger partial charge in [-0.05, 0) is 48.7 Å². The zero-order valence-corrected chi connectivity index (χ0v) is 15.0. The molecule has 0 spiro atoms. The van der Waals surface area contributed by atoms with Crippen molar-refractivity contribution in [3.05, 3.63) is 52.0 Å². The number of hydrogen-bond acceptors (Lipinski definition) is 4. The van der Waals surface area contributed by atoms with Gasteiger partial charge in [-0.25, -0.2) is 0 Å². The molecule has 5 nitrogen and oxygen atoms in total. The molecule has 25 heavy (non-hydrogen) atoms. The van der Waals surface area contributed by atoms with Crippen molar-refractivity contribution in [2.24, 2.45) is 0 Å². The molecule has 1 aliphatic heterocycles. The van der Waals surface area contributed by atoms with E-state index < -0.39 is 0 Å². The van der Waals surface area contributed by atoms with E-state index in [0.29, 0.717) is 36.3 Å². The number of carbonyl (C=O) groups excluding carboxylic acids is 1. The second-order valence-corrected chi connectivity index (χ2v) is 6.34. The summed E-state index contributed by atoms with van der Waals surface area (Å²) in [6.45, 7) is 5.21. The summed E-state index contributed by atoms with van der Waals surface area (Å²) in [5.41, 5.74) is 2.93.